The summed E-state index contributed by atoms with van der Waals surface area (Å²) >= 11 is 12.2. The van der Waals surface area contributed by atoms with Gasteiger partial charge in [0, 0.05) is 31.5 Å². The van der Waals surface area contributed by atoms with E-state index in [9.17, 15) is 0 Å². The summed E-state index contributed by atoms with van der Waals surface area (Å²) < 4.78 is 7.67. The van der Waals surface area contributed by atoms with Crippen molar-refractivity contribution < 1.29 is 4.74 Å². The van der Waals surface area contributed by atoms with E-state index in [1.54, 1.807) is 16.9 Å². The Hall–Kier alpha value is -2.15. The van der Waals surface area contributed by atoms with Crippen LogP contribution in [0.25, 0.3) is 5.82 Å². The number of halogens is 2. The highest BCUT2D eigenvalue weighted by atomic mass is 35.5. The highest BCUT2D eigenvalue weighted by Gasteiger charge is 2.24. The Labute approximate surface area is 161 Å². The standard InChI is InChI=1S/C18H17Cl2N5O/c1-12-22-17(10-18(23-12)25-6-2-5-21-25)24-7-8-26-16(11-24)13-3-4-14(19)15(20)9-13/h2-6,9-10,16H,7-8,11H2,1H3/t16-/m1/s1. The molecule has 3 aromatic rings. The van der Waals surface area contributed by atoms with Gasteiger partial charge in [0.2, 0.25) is 0 Å². The Morgan fingerprint density at radius 1 is 1.12 bits per heavy atom. The minimum Gasteiger partial charge on any atom is -0.370 e. The van der Waals surface area contributed by atoms with E-state index in [1.165, 1.54) is 0 Å². The first kappa shape index (κ1) is 17.3. The van der Waals surface area contributed by atoms with Gasteiger partial charge in [-0.25, -0.2) is 14.6 Å². The van der Waals surface area contributed by atoms with Crippen LogP contribution in [0.3, 0.4) is 0 Å². The molecule has 0 amide bonds. The zero-order valence-corrected chi connectivity index (χ0v) is 15.7. The van der Waals surface area contributed by atoms with Gasteiger partial charge >= 0.3 is 0 Å². The minimum atomic E-state index is -0.0954. The highest BCUT2D eigenvalue weighted by molar-refractivity contribution is 6.42. The molecular weight excluding hydrogens is 373 g/mol. The number of ether oxygens (including phenoxy) is 1. The Morgan fingerprint density at radius 3 is 2.73 bits per heavy atom. The van der Waals surface area contributed by atoms with Crippen LogP contribution in [-0.4, -0.2) is 39.4 Å². The monoisotopic (exact) mass is 389 g/mol. The third kappa shape index (κ3) is 3.53. The second-order valence-corrected chi connectivity index (χ2v) is 6.88. The van der Waals surface area contributed by atoms with E-state index in [4.69, 9.17) is 27.9 Å². The number of morpholine rings is 1. The molecular formula is C18H17Cl2N5O. The maximum atomic E-state index is 6.15. The van der Waals surface area contributed by atoms with Crippen molar-refractivity contribution in [3.63, 3.8) is 0 Å². The SMILES string of the molecule is Cc1nc(N2CCO[C@@H](c3ccc(Cl)c(Cl)c3)C2)cc(-n2cccn2)n1. The van der Waals surface area contributed by atoms with Crippen LogP contribution in [0.4, 0.5) is 5.82 Å². The fourth-order valence-corrected chi connectivity index (χ4v) is 3.30. The van der Waals surface area contributed by atoms with Gasteiger partial charge in [0.1, 0.15) is 17.7 Å². The number of nitrogens with zero attached hydrogens (tertiary/aromatic N) is 5. The summed E-state index contributed by atoms with van der Waals surface area (Å²) in [6.45, 7) is 3.91. The zero-order valence-electron chi connectivity index (χ0n) is 14.1. The molecule has 1 atom stereocenters. The van der Waals surface area contributed by atoms with E-state index < -0.39 is 0 Å². The Morgan fingerprint density at radius 2 is 1.96 bits per heavy atom. The van der Waals surface area contributed by atoms with Gasteiger partial charge < -0.3 is 9.64 Å². The van der Waals surface area contributed by atoms with E-state index in [-0.39, 0.29) is 6.10 Å². The van der Waals surface area contributed by atoms with Crippen LogP contribution >= 0.6 is 23.2 Å². The Balaban J connectivity index is 1.61. The molecule has 0 saturated carbocycles. The van der Waals surface area contributed by atoms with Crippen LogP contribution in [0.2, 0.25) is 10.0 Å². The first-order valence-electron chi connectivity index (χ1n) is 8.27. The molecule has 0 bridgehead atoms. The van der Waals surface area contributed by atoms with Crippen molar-refractivity contribution >= 4 is 29.0 Å². The number of aromatic nitrogens is 4. The maximum absolute atomic E-state index is 6.15. The molecule has 0 radical (unpaired) electrons. The average molecular weight is 390 g/mol. The van der Waals surface area contributed by atoms with E-state index >= 15 is 0 Å². The van der Waals surface area contributed by atoms with Crippen molar-refractivity contribution in [3.8, 4) is 5.82 Å². The number of aryl methyl sites for hydroxylation is 1. The molecule has 4 rings (SSSR count). The third-order valence-corrected chi connectivity index (χ3v) is 4.99. The van der Waals surface area contributed by atoms with E-state index in [1.807, 2.05) is 37.4 Å². The molecule has 3 heterocycles. The highest BCUT2D eigenvalue weighted by Crippen LogP contribution is 2.30. The van der Waals surface area contributed by atoms with Crippen molar-refractivity contribution in [2.45, 2.75) is 13.0 Å². The number of anilines is 1. The summed E-state index contributed by atoms with van der Waals surface area (Å²) in [6, 6.07) is 9.41. The van der Waals surface area contributed by atoms with Gasteiger partial charge in [-0.3, -0.25) is 0 Å². The van der Waals surface area contributed by atoms with Crippen molar-refractivity contribution in [2.24, 2.45) is 0 Å². The van der Waals surface area contributed by atoms with Crippen LogP contribution in [0.15, 0.2) is 42.7 Å². The van der Waals surface area contributed by atoms with Gasteiger partial charge in [0.25, 0.3) is 0 Å². The van der Waals surface area contributed by atoms with Crippen molar-refractivity contribution in [2.75, 3.05) is 24.6 Å². The van der Waals surface area contributed by atoms with Crippen LogP contribution in [0, 0.1) is 6.92 Å². The predicted octanol–water partition coefficient (Wildman–Crippen LogP) is 3.86. The minimum absolute atomic E-state index is 0.0954. The maximum Gasteiger partial charge on any atom is 0.159 e. The van der Waals surface area contributed by atoms with E-state index in [2.05, 4.69) is 20.0 Å². The van der Waals surface area contributed by atoms with Gasteiger partial charge in [-0.05, 0) is 30.7 Å². The largest absolute Gasteiger partial charge is 0.370 e. The third-order valence-electron chi connectivity index (χ3n) is 4.26. The summed E-state index contributed by atoms with van der Waals surface area (Å²) in [7, 11) is 0. The lowest BCUT2D eigenvalue weighted by Gasteiger charge is -2.34. The molecule has 1 saturated heterocycles. The lowest BCUT2D eigenvalue weighted by molar-refractivity contribution is 0.0395. The summed E-state index contributed by atoms with van der Waals surface area (Å²) in [4.78, 5) is 11.3. The molecule has 1 aliphatic heterocycles. The molecule has 2 aromatic heterocycles. The fraction of sp³-hybridized carbons (Fsp3) is 0.278. The van der Waals surface area contributed by atoms with Crippen molar-refractivity contribution in [3.05, 3.63) is 64.2 Å². The van der Waals surface area contributed by atoms with Gasteiger partial charge in [0.05, 0.1) is 16.7 Å². The molecule has 8 heteroatoms. The van der Waals surface area contributed by atoms with Crippen molar-refractivity contribution in [1.82, 2.24) is 19.7 Å². The first-order valence-corrected chi connectivity index (χ1v) is 9.03. The van der Waals surface area contributed by atoms with E-state index in [0.717, 1.165) is 23.7 Å². The van der Waals surface area contributed by atoms with Crippen LogP contribution in [0.1, 0.15) is 17.5 Å². The van der Waals surface area contributed by atoms with E-state index in [0.29, 0.717) is 29.0 Å². The molecule has 1 fully saturated rings. The lowest BCUT2D eigenvalue weighted by atomic mass is 10.1. The summed E-state index contributed by atoms with van der Waals surface area (Å²) in [5.74, 6) is 2.30. The molecule has 0 spiro atoms. The Kier molecular flexibility index (Phi) is 4.80. The second-order valence-electron chi connectivity index (χ2n) is 6.06. The second kappa shape index (κ2) is 7.23. The first-order chi connectivity index (χ1) is 12.6. The van der Waals surface area contributed by atoms with Gasteiger partial charge in [-0.2, -0.15) is 5.10 Å². The summed E-state index contributed by atoms with van der Waals surface area (Å²) in [6.07, 6.45) is 3.50. The van der Waals surface area contributed by atoms with Gasteiger partial charge in [0.15, 0.2) is 5.82 Å². The number of benzene rings is 1. The molecule has 6 nitrogen and oxygen atoms in total. The molecule has 134 valence electrons. The number of hydrogen-bond acceptors (Lipinski definition) is 5. The predicted molar refractivity (Wildman–Crippen MR) is 101 cm³/mol. The molecule has 1 aromatic carbocycles. The molecule has 0 aliphatic carbocycles. The molecule has 26 heavy (non-hydrogen) atoms. The average Bonchev–Trinajstić information content (AvgIpc) is 3.18. The van der Waals surface area contributed by atoms with Crippen LogP contribution in [0.5, 0.6) is 0 Å². The van der Waals surface area contributed by atoms with Gasteiger partial charge in [-0.15, -0.1) is 0 Å². The normalized spacial score (nSPS) is 17.5. The molecule has 1 aliphatic rings. The zero-order chi connectivity index (χ0) is 18.1. The summed E-state index contributed by atoms with van der Waals surface area (Å²) in [5.41, 5.74) is 1.00. The Bertz CT molecular complexity index is 916. The van der Waals surface area contributed by atoms with Gasteiger partial charge in [-0.1, -0.05) is 29.3 Å². The molecule has 0 N–H and O–H groups in total. The summed E-state index contributed by atoms with van der Waals surface area (Å²) in [5, 5.41) is 5.32. The number of rotatable bonds is 3. The lowest BCUT2D eigenvalue weighted by Crippen LogP contribution is -2.39. The topological polar surface area (TPSA) is 56.1 Å². The fourth-order valence-electron chi connectivity index (χ4n) is 2.99. The molecule has 0 unspecified atom stereocenters. The quantitative estimate of drug-likeness (QED) is 0.680. The smallest absolute Gasteiger partial charge is 0.159 e. The number of hydrogen-bond donors (Lipinski definition) is 0. The van der Waals surface area contributed by atoms with Crippen LogP contribution in [-0.2, 0) is 4.74 Å². The van der Waals surface area contributed by atoms with Crippen LogP contribution < -0.4 is 4.90 Å². The van der Waals surface area contributed by atoms with Crippen molar-refractivity contribution in [1.29, 1.82) is 0 Å².